The Labute approximate surface area is 122 Å². The van der Waals surface area contributed by atoms with Crippen molar-refractivity contribution in [1.82, 2.24) is 10.6 Å². The van der Waals surface area contributed by atoms with E-state index in [1.807, 2.05) is 17.5 Å². The Morgan fingerprint density at radius 3 is 2.80 bits per heavy atom. The van der Waals surface area contributed by atoms with Crippen molar-refractivity contribution in [2.75, 3.05) is 6.54 Å². The van der Waals surface area contributed by atoms with E-state index in [-0.39, 0.29) is 30.3 Å². The fourth-order valence-corrected chi connectivity index (χ4v) is 2.92. The SMILES string of the molecule is CC(=O)NC(CC(=O)NCC(N)C1CC1)c1cccs1. The highest BCUT2D eigenvalue weighted by atomic mass is 32.1. The van der Waals surface area contributed by atoms with Gasteiger partial charge in [-0.25, -0.2) is 0 Å². The van der Waals surface area contributed by atoms with Crippen LogP contribution in [0.5, 0.6) is 0 Å². The molecule has 1 aromatic rings. The van der Waals surface area contributed by atoms with Crippen LogP contribution >= 0.6 is 11.3 Å². The standard InChI is InChI=1S/C14H21N3O2S/c1-9(18)17-12(13-3-2-6-20-13)7-14(19)16-8-11(15)10-4-5-10/h2-3,6,10-12H,4-5,7-8,15H2,1H3,(H,16,19)(H,17,18). The minimum atomic E-state index is -0.260. The third-order valence-electron chi connectivity index (χ3n) is 3.42. The van der Waals surface area contributed by atoms with Gasteiger partial charge in [-0.15, -0.1) is 11.3 Å². The fraction of sp³-hybridized carbons (Fsp3) is 0.571. The summed E-state index contributed by atoms with van der Waals surface area (Å²) in [5.41, 5.74) is 5.95. The summed E-state index contributed by atoms with van der Waals surface area (Å²) in [6.45, 7) is 1.97. The summed E-state index contributed by atoms with van der Waals surface area (Å²) >= 11 is 1.53. The second-order valence-electron chi connectivity index (χ2n) is 5.28. The highest BCUT2D eigenvalue weighted by Gasteiger charge is 2.28. The van der Waals surface area contributed by atoms with Gasteiger partial charge in [0.2, 0.25) is 11.8 Å². The molecule has 1 aromatic heterocycles. The van der Waals surface area contributed by atoms with Gasteiger partial charge in [-0.1, -0.05) is 6.07 Å². The zero-order valence-corrected chi connectivity index (χ0v) is 12.4. The predicted octanol–water partition coefficient (Wildman–Crippen LogP) is 1.17. The molecule has 0 spiro atoms. The minimum absolute atomic E-state index is 0.0555. The van der Waals surface area contributed by atoms with Crippen molar-refractivity contribution in [1.29, 1.82) is 0 Å². The summed E-state index contributed by atoms with van der Waals surface area (Å²) in [5.74, 6) is 0.359. The number of thiophene rings is 1. The molecule has 0 saturated heterocycles. The molecule has 0 bridgehead atoms. The van der Waals surface area contributed by atoms with Crippen molar-refractivity contribution in [2.45, 2.75) is 38.3 Å². The van der Waals surface area contributed by atoms with Gasteiger partial charge < -0.3 is 16.4 Å². The molecule has 0 aliphatic heterocycles. The lowest BCUT2D eigenvalue weighted by Gasteiger charge is -2.17. The Morgan fingerprint density at radius 2 is 2.25 bits per heavy atom. The number of rotatable bonds is 7. The molecule has 0 radical (unpaired) electrons. The van der Waals surface area contributed by atoms with Gasteiger partial charge in [0.15, 0.2) is 0 Å². The van der Waals surface area contributed by atoms with Crippen LogP contribution in [-0.4, -0.2) is 24.4 Å². The zero-order chi connectivity index (χ0) is 14.5. The second kappa shape index (κ2) is 6.85. The van der Waals surface area contributed by atoms with Crippen LogP contribution in [0.4, 0.5) is 0 Å². The average molecular weight is 295 g/mol. The van der Waals surface area contributed by atoms with Crippen LogP contribution in [0.25, 0.3) is 0 Å². The minimum Gasteiger partial charge on any atom is -0.354 e. The van der Waals surface area contributed by atoms with Crippen molar-refractivity contribution in [3.05, 3.63) is 22.4 Å². The van der Waals surface area contributed by atoms with Crippen molar-refractivity contribution in [3.63, 3.8) is 0 Å². The largest absolute Gasteiger partial charge is 0.354 e. The van der Waals surface area contributed by atoms with Crippen LogP contribution in [0.2, 0.25) is 0 Å². The summed E-state index contributed by atoms with van der Waals surface area (Å²) in [6.07, 6.45) is 2.58. The molecule has 0 aromatic carbocycles. The third-order valence-corrected chi connectivity index (χ3v) is 4.40. The van der Waals surface area contributed by atoms with Gasteiger partial charge in [0, 0.05) is 24.4 Å². The van der Waals surface area contributed by atoms with E-state index in [1.54, 1.807) is 0 Å². The Kier molecular flexibility index (Phi) is 5.14. The number of nitrogens with two attached hydrogens (primary N) is 1. The molecule has 1 fully saturated rings. The molecule has 1 saturated carbocycles. The predicted molar refractivity (Wildman–Crippen MR) is 79.2 cm³/mol. The molecule has 1 aliphatic rings. The Balaban J connectivity index is 1.83. The number of amides is 2. The average Bonchev–Trinajstić information content (AvgIpc) is 3.10. The first-order valence-electron chi connectivity index (χ1n) is 6.89. The van der Waals surface area contributed by atoms with E-state index in [9.17, 15) is 9.59 Å². The molecule has 2 amide bonds. The molecule has 110 valence electrons. The van der Waals surface area contributed by atoms with Crippen LogP contribution in [0.15, 0.2) is 17.5 Å². The van der Waals surface area contributed by atoms with E-state index in [1.165, 1.54) is 31.1 Å². The highest BCUT2D eigenvalue weighted by Crippen LogP contribution is 2.31. The van der Waals surface area contributed by atoms with Crippen molar-refractivity contribution in [2.24, 2.45) is 11.7 Å². The number of hydrogen-bond acceptors (Lipinski definition) is 4. The first kappa shape index (κ1) is 15.0. The van der Waals surface area contributed by atoms with Gasteiger partial charge in [-0.2, -0.15) is 0 Å². The highest BCUT2D eigenvalue weighted by molar-refractivity contribution is 7.10. The fourth-order valence-electron chi connectivity index (χ4n) is 2.14. The molecular formula is C14H21N3O2S. The summed E-state index contributed by atoms with van der Waals surface area (Å²) in [7, 11) is 0. The van der Waals surface area contributed by atoms with Gasteiger partial charge in [0.25, 0.3) is 0 Å². The summed E-state index contributed by atoms with van der Waals surface area (Å²) in [4.78, 5) is 24.2. The molecular weight excluding hydrogens is 274 g/mol. The topological polar surface area (TPSA) is 84.2 Å². The van der Waals surface area contributed by atoms with Crippen LogP contribution in [-0.2, 0) is 9.59 Å². The molecule has 2 rings (SSSR count). The number of nitrogens with one attached hydrogen (secondary N) is 2. The maximum absolute atomic E-state index is 12.0. The van der Waals surface area contributed by atoms with Gasteiger partial charge in [-0.05, 0) is 30.2 Å². The van der Waals surface area contributed by atoms with Gasteiger partial charge in [-0.3, -0.25) is 9.59 Å². The maximum Gasteiger partial charge on any atom is 0.222 e. The van der Waals surface area contributed by atoms with Crippen molar-refractivity contribution in [3.8, 4) is 0 Å². The van der Waals surface area contributed by atoms with Crippen LogP contribution in [0.1, 0.15) is 37.1 Å². The van der Waals surface area contributed by atoms with Gasteiger partial charge in [0.1, 0.15) is 0 Å². The molecule has 4 N–H and O–H groups in total. The quantitative estimate of drug-likeness (QED) is 0.706. The van der Waals surface area contributed by atoms with Crippen molar-refractivity contribution < 1.29 is 9.59 Å². The van der Waals surface area contributed by atoms with Gasteiger partial charge >= 0.3 is 0 Å². The van der Waals surface area contributed by atoms with E-state index >= 15 is 0 Å². The lowest BCUT2D eigenvalue weighted by atomic mass is 10.1. The first-order valence-corrected chi connectivity index (χ1v) is 7.77. The summed E-state index contributed by atoms with van der Waals surface area (Å²) in [6, 6.07) is 3.63. The second-order valence-corrected chi connectivity index (χ2v) is 6.26. The molecule has 20 heavy (non-hydrogen) atoms. The Bertz CT molecular complexity index is 457. The molecule has 1 aliphatic carbocycles. The number of carbonyl (C=O) groups is 2. The maximum atomic E-state index is 12.0. The van der Waals surface area contributed by atoms with E-state index in [4.69, 9.17) is 5.73 Å². The monoisotopic (exact) mass is 295 g/mol. The lowest BCUT2D eigenvalue weighted by Crippen LogP contribution is -2.40. The Morgan fingerprint density at radius 1 is 1.50 bits per heavy atom. The van der Waals surface area contributed by atoms with E-state index in [0.717, 1.165) is 4.88 Å². The lowest BCUT2D eigenvalue weighted by molar-refractivity contribution is -0.122. The zero-order valence-electron chi connectivity index (χ0n) is 11.6. The summed E-state index contributed by atoms with van der Waals surface area (Å²) in [5, 5.41) is 7.61. The number of carbonyl (C=O) groups excluding carboxylic acids is 2. The molecule has 1 heterocycles. The van der Waals surface area contributed by atoms with Crippen LogP contribution in [0, 0.1) is 5.92 Å². The number of hydrogen-bond donors (Lipinski definition) is 3. The van der Waals surface area contributed by atoms with Crippen LogP contribution < -0.4 is 16.4 Å². The molecule has 5 nitrogen and oxygen atoms in total. The first-order chi connectivity index (χ1) is 9.56. The van der Waals surface area contributed by atoms with E-state index in [0.29, 0.717) is 12.5 Å². The Hall–Kier alpha value is -1.40. The smallest absolute Gasteiger partial charge is 0.222 e. The van der Waals surface area contributed by atoms with Gasteiger partial charge in [0.05, 0.1) is 12.5 Å². The molecule has 2 unspecified atom stereocenters. The molecule has 6 heteroatoms. The van der Waals surface area contributed by atoms with Crippen molar-refractivity contribution >= 4 is 23.2 Å². The summed E-state index contributed by atoms with van der Waals surface area (Å²) < 4.78 is 0. The molecule has 2 atom stereocenters. The van der Waals surface area contributed by atoms with E-state index in [2.05, 4.69) is 10.6 Å². The normalized spacial score (nSPS) is 17.3. The third kappa shape index (κ3) is 4.61. The van der Waals surface area contributed by atoms with E-state index < -0.39 is 0 Å². The van der Waals surface area contributed by atoms with Crippen LogP contribution in [0.3, 0.4) is 0 Å².